The van der Waals surface area contributed by atoms with Crippen LogP contribution in [0, 0.1) is 0 Å². The first-order valence-corrected chi connectivity index (χ1v) is 5.75. The minimum Gasteiger partial charge on any atom is -0.481 e. The van der Waals surface area contributed by atoms with E-state index in [9.17, 15) is 4.79 Å². The van der Waals surface area contributed by atoms with Gasteiger partial charge in [0, 0.05) is 19.2 Å². The van der Waals surface area contributed by atoms with Gasteiger partial charge in [-0.05, 0) is 19.3 Å². The summed E-state index contributed by atoms with van der Waals surface area (Å²) >= 11 is 0. The zero-order chi connectivity index (χ0) is 12.3. The molecule has 6 nitrogen and oxygen atoms in total. The summed E-state index contributed by atoms with van der Waals surface area (Å²) < 4.78 is 0. The maximum atomic E-state index is 10.7. The summed E-state index contributed by atoms with van der Waals surface area (Å²) in [6.07, 6.45) is 3.39. The summed E-state index contributed by atoms with van der Waals surface area (Å²) in [5.74, 6) is -0.0227. The highest BCUT2D eigenvalue weighted by atomic mass is 16.4. The van der Waals surface area contributed by atoms with Gasteiger partial charge in [-0.2, -0.15) is 4.98 Å². The Hall–Kier alpha value is -1.85. The van der Waals surface area contributed by atoms with Crippen molar-refractivity contribution >= 4 is 17.7 Å². The van der Waals surface area contributed by atoms with E-state index in [2.05, 4.69) is 14.9 Å². The van der Waals surface area contributed by atoms with E-state index in [1.165, 1.54) is 6.42 Å². The van der Waals surface area contributed by atoms with Crippen LogP contribution in [0.15, 0.2) is 6.07 Å². The smallest absolute Gasteiger partial charge is 0.309 e. The molecule has 0 spiro atoms. The van der Waals surface area contributed by atoms with Crippen LogP contribution in [0.2, 0.25) is 0 Å². The number of rotatable bonds is 3. The van der Waals surface area contributed by atoms with Crippen molar-refractivity contribution in [3.05, 3.63) is 11.8 Å². The molecule has 1 aliphatic rings. The maximum Gasteiger partial charge on any atom is 0.309 e. The van der Waals surface area contributed by atoms with Gasteiger partial charge in [0.05, 0.1) is 12.1 Å². The Labute approximate surface area is 99.5 Å². The summed E-state index contributed by atoms with van der Waals surface area (Å²) in [5.41, 5.74) is 6.06. The fourth-order valence-electron chi connectivity index (χ4n) is 2.03. The highest BCUT2D eigenvalue weighted by Crippen LogP contribution is 2.19. The summed E-state index contributed by atoms with van der Waals surface area (Å²) in [7, 11) is 0. The molecule has 6 heteroatoms. The molecule has 0 atom stereocenters. The van der Waals surface area contributed by atoms with Gasteiger partial charge < -0.3 is 15.7 Å². The molecule has 1 saturated heterocycles. The second-order valence-electron chi connectivity index (χ2n) is 4.19. The van der Waals surface area contributed by atoms with Crippen LogP contribution in [0.3, 0.4) is 0 Å². The van der Waals surface area contributed by atoms with Gasteiger partial charge in [-0.15, -0.1) is 0 Å². The van der Waals surface area contributed by atoms with Gasteiger partial charge in [0.25, 0.3) is 0 Å². The summed E-state index contributed by atoms with van der Waals surface area (Å²) in [6, 6.07) is 1.72. The Morgan fingerprint density at radius 1 is 1.35 bits per heavy atom. The van der Waals surface area contributed by atoms with Gasteiger partial charge >= 0.3 is 5.97 Å². The van der Waals surface area contributed by atoms with Crippen LogP contribution in [-0.4, -0.2) is 34.1 Å². The highest BCUT2D eigenvalue weighted by Gasteiger charge is 2.14. The second kappa shape index (κ2) is 4.99. The van der Waals surface area contributed by atoms with Crippen LogP contribution >= 0.6 is 0 Å². The fourth-order valence-corrected chi connectivity index (χ4v) is 2.03. The summed E-state index contributed by atoms with van der Waals surface area (Å²) in [4.78, 5) is 20.9. The Morgan fingerprint density at radius 3 is 2.71 bits per heavy atom. The molecule has 0 amide bonds. The van der Waals surface area contributed by atoms with E-state index < -0.39 is 5.97 Å². The van der Waals surface area contributed by atoms with Crippen LogP contribution in [0.4, 0.5) is 11.8 Å². The molecule has 0 radical (unpaired) electrons. The van der Waals surface area contributed by atoms with Crippen molar-refractivity contribution < 1.29 is 9.90 Å². The van der Waals surface area contributed by atoms with Crippen molar-refractivity contribution in [1.29, 1.82) is 0 Å². The van der Waals surface area contributed by atoms with Gasteiger partial charge in [0.1, 0.15) is 5.82 Å². The lowest BCUT2D eigenvalue weighted by Gasteiger charge is -2.27. The van der Waals surface area contributed by atoms with Crippen LogP contribution < -0.4 is 10.6 Å². The zero-order valence-electron chi connectivity index (χ0n) is 9.59. The monoisotopic (exact) mass is 236 g/mol. The predicted octanol–water partition coefficient (Wildman–Crippen LogP) is 0.676. The molecule has 17 heavy (non-hydrogen) atoms. The summed E-state index contributed by atoms with van der Waals surface area (Å²) in [6.45, 7) is 1.89. The van der Waals surface area contributed by atoms with Crippen molar-refractivity contribution in [2.75, 3.05) is 23.7 Å². The van der Waals surface area contributed by atoms with Crippen molar-refractivity contribution in [3.63, 3.8) is 0 Å². The number of nitrogen functional groups attached to an aromatic ring is 1. The van der Waals surface area contributed by atoms with E-state index in [-0.39, 0.29) is 12.4 Å². The number of nitrogens with two attached hydrogens (primary N) is 1. The van der Waals surface area contributed by atoms with E-state index >= 15 is 0 Å². The van der Waals surface area contributed by atoms with Gasteiger partial charge in [-0.25, -0.2) is 4.98 Å². The first-order chi connectivity index (χ1) is 8.15. The standard InChI is InChI=1S/C11H16N4O2/c12-11-13-8(7-10(16)17)6-9(14-11)15-4-2-1-3-5-15/h6H,1-5,7H2,(H,16,17)(H2,12,13,14). The lowest BCUT2D eigenvalue weighted by molar-refractivity contribution is -0.136. The molecule has 0 bridgehead atoms. The first kappa shape index (κ1) is 11.6. The number of hydrogen-bond donors (Lipinski definition) is 2. The van der Waals surface area contributed by atoms with E-state index in [1.807, 2.05) is 0 Å². The number of piperidine rings is 1. The highest BCUT2D eigenvalue weighted by molar-refractivity contribution is 5.70. The Bertz CT molecular complexity index is 416. The third-order valence-electron chi connectivity index (χ3n) is 2.80. The van der Waals surface area contributed by atoms with E-state index in [0.29, 0.717) is 5.69 Å². The van der Waals surface area contributed by atoms with Gasteiger partial charge in [-0.1, -0.05) is 0 Å². The Morgan fingerprint density at radius 2 is 2.06 bits per heavy atom. The number of aromatic nitrogens is 2. The number of aliphatic carboxylic acids is 1. The average Bonchev–Trinajstić information content (AvgIpc) is 2.28. The van der Waals surface area contributed by atoms with E-state index in [4.69, 9.17) is 10.8 Å². The second-order valence-corrected chi connectivity index (χ2v) is 4.19. The van der Waals surface area contributed by atoms with E-state index in [1.54, 1.807) is 6.07 Å². The first-order valence-electron chi connectivity index (χ1n) is 5.75. The lowest BCUT2D eigenvalue weighted by atomic mass is 10.1. The number of hydrogen-bond acceptors (Lipinski definition) is 5. The van der Waals surface area contributed by atoms with Crippen molar-refractivity contribution in [2.24, 2.45) is 0 Å². The molecular formula is C11H16N4O2. The Balaban J connectivity index is 2.20. The van der Waals surface area contributed by atoms with Crippen LogP contribution in [-0.2, 0) is 11.2 Å². The average molecular weight is 236 g/mol. The number of carbonyl (C=O) groups is 1. The molecular weight excluding hydrogens is 220 g/mol. The van der Waals surface area contributed by atoms with Crippen LogP contribution in [0.5, 0.6) is 0 Å². The molecule has 1 aromatic heterocycles. The third-order valence-corrected chi connectivity index (χ3v) is 2.80. The SMILES string of the molecule is Nc1nc(CC(=O)O)cc(N2CCCCC2)n1. The molecule has 1 aromatic rings. The van der Waals surface area contributed by atoms with Crippen LogP contribution in [0.1, 0.15) is 25.0 Å². The minimum absolute atomic E-state index is 0.118. The van der Waals surface area contributed by atoms with E-state index in [0.717, 1.165) is 31.7 Å². The predicted molar refractivity (Wildman–Crippen MR) is 63.8 cm³/mol. The normalized spacial score (nSPS) is 15.9. The number of anilines is 2. The lowest BCUT2D eigenvalue weighted by Crippen LogP contribution is -2.30. The zero-order valence-corrected chi connectivity index (χ0v) is 9.59. The van der Waals surface area contributed by atoms with Gasteiger partial charge in [-0.3, -0.25) is 4.79 Å². The van der Waals surface area contributed by atoms with Gasteiger partial charge in [0.2, 0.25) is 5.95 Å². The third kappa shape index (κ3) is 3.05. The molecule has 92 valence electrons. The Kier molecular flexibility index (Phi) is 3.41. The van der Waals surface area contributed by atoms with Gasteiger partial charge in [0.15, 0.2) is 0 Å². The minimum atomic E-state index is -0.910. The molecule has 0 aliphatic carbocycles. The fraction of sp³-hybridized carbons (Fsp3) is 0.545. The number of carboxylic acids is 1. The number of nitrogens with zero attached hydrogens (tertiary/aromatic N) is 3. The van der Waals surface area contributed by atoms with Crippen LogP contribution in [0.25, 0.3) is 0 Å². The molecule has 0 aromatic carbocycles. The molecule has 2 heterocycles. The topological polar surface area (TPSA) is 92.3 Å². The molecule has 2 rings (SSSR count). The molecule has 0 saturated carbocycles. The quantitative estimate of drug-likeness (QED) is 0.801. The number of carboxylic acid groups (broad SMARTS) is 1. The maximum absolute atomic E-state index is 10.7. The van der Waals surface area contributed by atoms with Crippen molar-refractivity contribution in [3.8, 4) is 0 Å². The van der Waals surface area contributed by atoms with Crippen molar-refractivity contribution in [2.45, 2.75) is 25.7 Å². The molecule has 3 N–H and O–H groups in total. The largest absolute Gasteiger partial charge is 0.481 e. The molecule has 1 aliphatic heterocycles. The summed E-state index contributed by atoms with van der Waals surface area (Å²) in [5, 5.41) is 8.74. The molecule has 1 fully saturated rings. The van der Waals surface area contributed by atoms with Crippen molar-refractivity contribution in [1.82, 2.24) is 9.97 Å². The molecule has 0 unspecified atom stereocenters.